The molecular weight excluding hydrogens is 285 g/mol. The average molecular weight is 302 g/mol. The molecule has 1 aliphatic heterocycles. The van der Waals surface area contributed by atoms with Gasteiger partial charge in [-0.3, -0.25) is 9.59 Å². The molecule has 0 aliphatic carbocycles. The second kappa shape index (κ2) is 7.21. The highest BCUT2D eigenvalue weighted by atomic mass is 35.5. The summed E-state index contributed by atoms with van der Waals surface area (Å²) in [5.74, 6) is -1.54. The van der Waals surface area contributed by atoms with Crippen molar-refractivity contribution in [3.63, 3.8) is 0 Å². The standard InChI is InChI=1S/C13H16FN3O2.ClH/c14-9-5-4-8(12(15)18)7-11(9)17-13(19)10-3-1-2-6-16-10;/h4-5,7,10,16H,1-3,6H2,(H2,15,18)(H,17,19);1H/t10-;/m1./s1. The molecule has 1 saturated heterocycles. The maximum absolute atomic E-state index is 13.6. The number of nitrogens with one attached hydrogen (secondary N) is 2. The topological polar surface area (TPSA) is 84.2 Å². The van der Waals surface area contributed by atoms with Crippen LogP contribution in [0.2, 0.25) is 0 Å². The predicted octanol–water partition coefficient (Wildman–Crippen LogP) is 1.43. The lowest BCUT2D eigenvalue weighted by atomic mass is 10.0. The van der Waals surface area contributed by atoms with Crippen molar-refractivity contribution in [2.45, 2.75) is 25.3 Å². The lowest BCUT2D eigenvalue weighted by Crippen LogP contribution is -2.43. The van der Waals surface area contributed by atoms with Gasteiger partial charge in [-0.1, -0.05) is 6.42 Å². The molecule has 5 nitrogen and oxygen atoms in total. The monoisotopic (exact) mass is 301 g/mol. The fraction of sp³-hybridized carbons (Fsp3) is 0.385. The molecule has 2 amide bonds. The molecule has 1 heterocycles. The van der Waals surface area contributed by atoms with E-state index < -0.39 is 11.7 Å². The zero-order chi connectivity index (χ0) is 13.8. The van der Waals surface area contributed by atoms with E-state index in [-0.39, 0.29) is 35.6 Å². The lowest BCUT2D eigenvalue weighted by Gasteiger charge is -2.22. The molecule has 0 saturated carbocycles. The average Bonchev–Trinajstić information content (AvgIpc) is 2.42. The molecule has 0 radical (unpaired) electrons. The third kappa shape index (κ3) is 3.91. The van der Waals surface area contributed by atoms with Gasteiger partial charge in [0.2, 0.25) is 11.8 Å². The van der Waals surface area contributed by atoms with Gasteiger partial charge in [-0.25, -0.2) is 4.39 Å². The van der Waals surface area contributed by atoms with Crippen LogP contribution in [0, 0.1) is 5.82 Å². The highest BCUT2D eigenvalue weighted by Gasteiger charge is 2.21. The van der Waals surface area contributed by atoms with Crippen molar-refractivity contribution in [3.05, 3.63) is 29.6 Å². The Morgan fingerprint density at radius 2 is 2.10 bits per heavy atom. The summed E-state index contributed by atoms with van der Waals surface area (Å²) in [6.45, 7) is 0.780. The Kier molecular flexibility index (Phi) is 5.91. The summed E-state index contributed by atoms with van der Waals surface area (Å²) in [7, 11) is 0. The summed E-state index contributed by atoms with van der Waals surface area (Å²) < 4.78 is 13.6. The van der Waals surface area contributed by atoms with Gasteiger partial charge in [0.25, 0.3) is 0 Å². The Labute approximate surface area is 122 Å². The maximum atomic E-state index is 13.6. The summed E-state index contributed by atoms with van der Waals surface area (Å²) in [6, 6.07) is 3.33. The summed E-state index contributed by atoms with van der Waals surface area (Å²) in [4.78, 5) is 23.0. The number of rotatable bonds is 3. The van der Waals surface area contributed by atoms with E-state index in [9.17, 15) is 14.0 Å². The molecule has 1 aromatic rings. The van der Waals surface area contributed by atoms with Crippen LogP contribution in [0.1, 0.15) is 29.6 Å². The van der Waals surface area contributed by atoms with Crippen molar-refractivity contribution in [1.82, 2.24) is 5.32 Å². The SMILES string of the molecule is Cl.NC(=O)c1ccc(F)c(NC(=O)[C@H]2CCCCN2)c1. The molecule has 0 spiro atoms. The second-order valence-electron chi connectivity index (χ2n) is 4.55. The molecule has 1 atom stereocenters. The fourth-order valence-electron chi connectivity index (χ4n) is 2.07. The van der Waals surface area contributed by atoms with Crippen LogP contribution in [0.3, 0.4) is 0 Å². The van der Waals surface area contributed by atoms with Crippen molar-refractivity contribution in [1.29, 1.82) is 0 Å². The van der Waals surface area contributed by atoms with Crippen LogP contribution in [0.25, 0.3) is 0 Å². The molecule has 0 unspecified atom stereocenters. The Bertz CT molecular complexity index is 504. The van der Waals surface area contributed by atoms with Gasteiger partial charge >= 0.3 is 0 Å². The summed E-state index contributed by atoms with van der Waals surface area (Å²) in [5, 5.41) is 5.56. The highest BCUT2D eigenvalue weighted by molar-refractivity contribution is 5.98. The first-order chi connectivity index (χ1) is 9.08. The van der Waals surface area contributed by atoms with Gasteiger partial charge in [-0.2, -0.15) is 0 Å². The summed E-state index contributed by atoms with van der Waals surface area (Å²) >= 11 is 0. The Morgan fingerprint density at radius 1 is 1.35 bits per heavy atom. The van der Waals surface area contributed by atoms with Gasteiger partial charge in [0.1, 0.15) is 5.82 Å². The second-order valence-corrected chi connectivity index (χ2v) is 4.55. The number of anilines is 1. The molecule has 1 aromatic carbocycles. The Morgan fingerprint density at radius 3 is 2.70 bits per heavy atom. The van der Waals surface area contributed by atoms with E-state index >= 15 is 0 Å². The van der Waals surface area contributed by atoms with Crippen molar-refractivity contribution >= 4 is 29.9 Å². The number of benzene rings is 1. The normalized spacial score (nSPS) is 17.9. The molecule has 0 bridgehead atoms. The van der Waals surface area contributed by atoms with E-state index in [1.807, 2.05) is 0 Å². The number of hydrogen-bond donors (Lipinski definition) is 3. The van der Waals surface area contributed by atoms with Crippen molar-refractivity contribution < 1.29 is 14.0 Å². The third-order valence-corrected chi connectivity index (χ3v) is 3.14. The van der Waals surface area contributed by atoms with Gasteiger partial charge in [0.15, 0.2) is 0 Å². The number of hydrogen-bond acceptors (Lipinski definition) is 3. The van der Waals surface area contributed by atoms with Crippen LogP contribution < -0.4 is 16.4 Å². The largest absolute Gasteiger partial charge is 0.366 e. The van der Waals surface area contributed by atoms with Crippen molar-refractivity contribution in [3.8, 4) is 0 Å². The van der Waals surface area contributed by atoms with Crippen LogP contribution in [-0.4, -0.2) is 24.4 Å². The van der Waals surface area contributed by atoms with Crippen molar-refractivity contribution in [2.24, 2.45) is 5.73 Å². The molecule has 2 rings (SSSR count). The third-order valence-electron chi connectivity index (χ3n) is 3.14. The molecule has 1 aliphatic rings. The molecule has 7 heteroatoms. The molecule has 1 fully saturated rings. The first-order valence-corrected chi connectivity index (χ1v) is 6.21. The van der Waals surface area contributed by atoms with Gasteiger partial charge in [0, 0.05) is 5.56 Å². The van der Waals surface area contributed by atoms with E-state index in [1.165, 1.54) is 12.1 Å². The van der Waals surface area contributed by atoms with Crippen LogP contribution in [0.15, 0.2) is 18.2 Å². The number of carbonyl (C=O) groups is 2. The van der Waals surface area contributed by atoms with E-state index in [2.05, 4.69) is 10.6 Å². The quantitative estimate of drug-likeness (QED) is 0.789. The van der Waals surface area contributed by atoms with Crippen molar-refractivity contribution in [2.75, 3.05) is 11.9 Å². The minimum absolute atomic E-state index is 0. The maximum Gasteiger partial charge on any atom is 0.248 e. The van der Waals surface area contributed by atoms with Crippen LogP contribution in [0.5, 0.6) is 0 Å². The fourth-order valence-corrected chi connectivity index (χ4v) is 2.07. The summed E-state index contributed by atoms with van der Waals surface area (Å²) in [6.07, 6.45) is 2.73. The minimum Gasteiger partial charge on any atom is -0.366 e. The predicted molar refractivity (Wildman–Crippen MR) is 76.4 cm³/mol. The highest BCUT2D eigenvalue weighted by Crippen LogP contribution is 2.17. The van der Waals surface area contributed by atoms with Crippen LogP contribution >= 0.6 is 12.4 Å². The summed E-state index contributed by atoms with van der Waals surface area (Å²) in [5.41, 5.74) is 5.26. The molecule has 110 valence electrons. The first-order valence-electron chi connectivity index (χ1n) is 6.21. The number of primary amides is 1. The van der Waals surface area contributed by atoms with Gasteiger partial charge in [0.05, 0.1) is 11.7 Å². The number of piperidine rings is 1. The van der Waals surface area contributed by atoms with E-state index in [0.29, 0.717) is 0 Å². The first kappa shape index (κ1) is 16.4. The van der Waals surface area contributed by atoms with Gasteiger partial charge < -0.3 is 16.4 Å². The van der Waals surface area contributed by atoms with E-state index in [4.69, 9.17) is 5.73 Å². The van der Waals surface area contributed by atoms with Crippen LogP contribution in [-0.2, 0) is 4.79 Å². The molecular formula is C13H17ClFN3O2. The Hall–Kier alpha value is -1.66. The zero-order valence-corrected chi connectivity index (χ0v) is 11.6. The van der Waals surface area contributed by atoms with Gasteiger partial charge in [-0.05, 0) is 37.6 Å². The lowest BCUT2D eigenvalue weighted by molar-refractivity contribution is -0.118. The van der Waals surface area contributed by atoms with Crippen LogP contribution in [0.4, 0.5) is 10.1 Å². The molecule has 4 N–H and O–H groups in total. The van der Waals surface area contributed by atoms with Gasteiger partial charge in [-0.15, -0.1) is 12.4 Å². The zero-order valence-electron chi connectivity index (χ0n) is 10.8. The number of carbonyl (C=O) groups excluding carboxylic acids is 2. The molecule has 20 heavy (non-hydrogen) atoms. The van der Waals surface area contributed by atoms with E-state index in [1.54, 1.807) is 0 Å². The number of nitrogens with two attached hydrogens (primary N) is 1. The Balaban J connectivity index is 0.00000200. The molecule has 0 aromatic heterocycles. The number of halogens is 2. The smallest absolute Gasteiger partial charge is 0.248 e. The minimum atomic E-state index is -0.661. The number of amides is 2. The van der Waals surface area contributed by atoms with E-state index in [0.717, 1.165) is 31.9 Å².